The van der Waals surface area contributed by atoms with E-state index in [0.717, 1.165) is 19.3 Å². The number of hydrogen-bond acceptors (Lipinski definition) is 2. The monoisotopic (exact) mass is 213 g/mol. The largest absolute Gasteiger partial charge is 0.474 e. The number of carboxylic acid groups (broad SMARTS) is 1. The third kappa shape index (κ3) is 2.94. The molecule has 1 saturated carbocycles. The van der Waals surface area contributed by atoms with Crippen LogP contribution in [0.3, 0.4) is 0 Å². The number of carbonyl (C=O) groups excluding carboxylic acids is 1. The van der Waals surface area contributed by atoms with Gasteiger partial charge in [0, 0.05) is 12.6 Å². The summed E-state index contributed by atoms with van der Waals surface area (Å²) in [6.07, 6.45) is 4.16. The van der Waals surface area contributed by atoms with E-state index in [1.165, 1.54) is 11.3 Å². The highest BCUT2D eigenvalue weighted by atomic mass is 16.4. The molecule has 1 rings (SSSR count). The fourth-order valence-corrected chi connectivity index (χ4v) is 2.38. The zero-order valence-electron chi connectivity index (χ0n) is 9.40. The summed E-state index contributed by atoms with van der Waals surface area (Å²) >= 11 is 0. The van der Waals surface area contributed by atoms with Crippen LogP contribution in [0.15, 0.2) is 0 Å². The van der Waals surface area contributed by atoms with Gasteiger partial charge >= 0.3 is 11.9 Å². The summed E-state index contributed by atoms with van der Waals surface area (Å²) in [5.41, 5.74) is 0. The molecule has 4 nitrogen and oxygen atoms in total. The van der Waals surface area contributed by atoms with Gasteiger partial charge in [0.1, 0.15) is 0 Å². The van der Waals surface area contributed by atoms with Gasteiger partial charge in [-0.25, -0.2) is 4.79 Å². The molecule has 86 valence electrons. The van der Waals surface area contributed by atoms with Gasteiger partial charge in [0.05, 0.1) is 0 Å². The Balaban J connectivity index is 2.65. The van der Waals surface area contributed by atoms with Crippen molar-refractivity contribution in [2.24, 2.45) is 5.92 Å². The minimum absolute atomic E-state index is 0.127. The Labute approximate surface area is 90.3 Å². The van der Waals surface area contributed by atoms with Gasteiger partial charge < -0.3 is 10.0 Å². The number of amides is 1. The maximum atomic E-state index is 11.4. The van der Waals surface area contributed by atoms with Gasteiger partial charge in [0.2, 0.25) is 0 Å². The highest BCUT2D eigenvalue weighted by Crippen LogP contribution is 2.27. The van der Waals surface area contributed by atoms with Crippen molar-refractivity contribution in [1.82, 2.24) is 4.90 Å². The SMILES string of the molecule is CCN(C(=O)C(=O)O)C1CCCC(C)C1. The quantitative estimate of drug-likeness (QED) is 0.707. The van der Waals surface area contributed by atoms with Crippen LogP contribution >= 0.6 is 0 Å². The van der Waals surface area contributed by atoms with Crippen LogP contribution < -0.4 is 0 Å². The minimum atomic E-state index is -1.34. The average Bonchev–Trinajstić information content (AvgIpc) is 2.18. The van der Waals surface area contributed by atoms with Gasteiger partial charge in [0.15, 0.2) is 0 Å². The molecule has 0 bridgehead atoms. The molecule has 0 saturated heterocycles. The Morgan fingerprint density at radius 1 is 1.40 bits per heavy atom. The fraction of sp³-hybridized carbons (Fsp3) is 0.818. The summed E-state index contributed by atoms with van der Waals surface area (Å²) in [4.78, 5) is 23.5. The van der Waals surface area contributed by atoms with Crippen molar-refractivity contribution in [2.75, 3.05) is 6.54 Å². The Kier molecular flexibility index (Phi) is 4.12. The highest BCUT2D eigenvalue weighted by Gasteiger charge is 2.29. The van der Waals surface area contributed by atoms with Crippen molar-refractivity contribution >= 4 is 11.9 Å². The van der Waals surface area contributed by atoms with E-state index in [4.69, 9.17) is 5.11 Å². The number of carbonyl (C=O) groups is 2. The van der Waals surface area contributed by atoms with Crippen LogP contribution in [0.25, 0.3) is 0 Å². The number of rotatable bonds is 2. The molecule has 0 aromatic rings. The van der Waals surface area contributed by atoms with E-state index in [9.17, 15) is 9.59 Å². The number of hydrogen-bond donors (Lipinski definition) is 1. The van der Waals surface area contributed by atoms with Crippen LogP contribution in [0.4, 0.5) is 0 Å². The van der Waals surface area contributed by atoms with Gasteiger partial charge in [-0.05, 0) is 25.7 Å². The molecule has 0 aromatic heterocycles. The molecular weight excluding hydrogens is 194 g/mol. The van der Waals surface area contributed by atoms with Crippen molar-refractivity contribution in [2.45, 2.75) is 45.6 Å². The normalized spacial score (nSPS) is 26.0. The first-order valence-corrected chi connectivity index (χ1v) is 5.60. The summed E-state index contributed by atoms with van der Waals surface area (Å²) in [7, 11) is 0. The Hall–Kier alpha value is -1.06. The maximum Gasteiger partial charge on any atom is 0.394 e. The van der Waals surface area contributed by atoms with E-state index in [1.54, 1.807) is 0 Å². The molecule has 1 aliphatic rings. The molecule has 1 fully saturated rings. The molecule has 0 spiro atoms. The van der Waals surface area contributed by atoms with Gasteiger partial charge in [-0.3, -0.25) is 4.79 Å². The molecule has 0 radical (unpaired) electrons. The molecule has 0 heterocycles. The molecule has 0 aromatic carbocycles. The van der Waals surface area contributed by atoms with Crippen molar-refractivity contribution in [3.05, 3.63) is 0 Å². The number of likely N-dealkylation sites (N-methyl/N-ethyl adjacent to an activating group) is 1. The molecule has 1 aliphatic carbocycles. The summed E-state index contributed by atoms with van der Waals surface area (Å²) in [6.45, 7) is 4.48. The zero-order chi connectivity index (χ0) is 11.4. The first kappa shape index (κ1) is 12.0. The average molecular weight is 213 g/mol. The second-order valence-corrected chi connectivity index (χ2v) is 4.32. The van der Waals surface area contributed by atoms with Crippen molar-refractivity contribution < 1.29 is 14.7 Å². The molecule has 2 unspecified atom stereocenters. The summed E-state index contributed by atoms with van der Waals surface area (Å²) < 4.78 is 0. The van der Waals surface area contributed by atoms with Crippen LogP contribution in [-0.4, -0.2) is 34.5 Å². The smallest absolute Gasteiger partial charge is 0.394 e. The molecule has 1 N–H and O–H groups in total. The molecule has 2 atom stereocenters. The topological polar surface area (TPSA) is 57.6 Å². The number of aliphatic carboxylic acids is 1. The van der Waals surface area contributed by atoms with Crippen LogP contribution in [0.2, 0.25) is 0 Å². The molecule has 15 heavy (non-hydrogen) atoms. The van der Waals surface area contributed by atoms with Crippen LogP contribution in [0.1, 0.15) is 39.5 Å². The second kappa shape index (κ2) is 5.14. The van der Waals surface area contributed by atoms with Gasteiger partial charge in [-0.2, -0.15) is 0 Å². The minimum Gasteiger partial charge on any atom is -0.474 e. The number of carboxylic acids is 1. The lowest BCUT2D eigenvalue weighted by Crippen LogP contribution is -2.45. The second-order valence-electron chi connectivity index (χ2n) is 4.32. The highest BCUT2D eigenvalue weighted by molar-refractivity contribution is 6.31. The van der Waals surface area contributed by atoms with Crippen LogP contribution in [-0.2, 0) is 9.59 Å². The maximum absolute atomic E-state index is 11.4. The lowest BCUT2D eigenvalue weighted by Gasteiger charge is -2.35. The van der Waals surface area contributed by atoms with Crippen molar-refractivity contribution in [3.63, 3.8) is 0 Å². The summed E-state index contributed by atoms with van der Waals surface area (Å²) in [6, 6.07) is 0.127. The van der Waals surface area contributed by atoms with Crippen molar-refractivity contribution in [3.8, 4) is 0 Å². The lowest BCUT2D eigenvalue weighted by atomic mass is 9.86. The molecule has 0 aliphatic heterocycles. The predicted octanol–water partition coefficient (Wildman–Crippen LogP) is 1.50. The summed E-state index contributed by atoms with van der Waals surface area (Å²) in [5.74, 6) is -1.49. The third-order valence-corrected chi connectivity index (χ3v) is 3.13. The Morgan fingerprint density at radius 2 is 2.07 bits per heavy atom. The molecular formula is C11H19NO3. The lowest BCUT2D eigenvalue weighted by molar-refractivity contribution is -0.157. The molecule has 1 amide bonds. The predicted molar refractivity (Wildman–Crippen MR) is 56.4 cm³/mol. The van der Waals surface area contributed by atoms with E-state index < -0.39 is 11.9 Å². The number of nitrogens with zero attached hydrogens (tertiary/aromatic N) is 1. The van der Waals surface area contributed by atoms with Gasteiger partial charge in [-0.15, -0.1) is 0 Å². The van der Waals surface area contributed by atoms with E-state index >= 15 is 0 Å². The first-order valence-electron chi connectivity index (χ1n) is 5.60. The fourth-order valence-electron chi connectivity index (χ4n) is 2.38. The van der Waals surface area contributed by atoms with E-state index in [1.807, 2.05) is 6.92 Å². The van der Waals surface area contributed by atoms with Crippen LogP contribution in [0, 0.1) is 5.92 Å². The zero-order valence-corrected chi connectivity index (χ0v) is 9.40. The third-order valence-electron chi connectivity index (χ3n) is 3.13. The molecule has 4 heteroatoms. The van der Waals surface area contributed by atoms with Gasteiger partial charge in [0.25, 0.3) is 0 Å². The first-order chi connectivity index (χ1) is 7.06. The van der Waals surface area contributed by atoms with E-state index in [2.05, 4.69) is 6.92 Å². The van der Waals surface area contributed by atoms with Gasteiger partial charge in [-0.1, -0.05) is 19.8 Å². The van der Waals surface area contributed by atoms with Crippen molar-refractivity contribution in [1.29, 1.82) is 0 Å². The summed E-state index contributed by atoms with van der Waals surface area (Å²) in [5, 5.41) is 8.69. The Morgan fingerprint density at radius 3 is 2.53 bits per heavy atom. The Bertz CT molecular complexity index is 252. The van der Waals surface area contributed by atoms with E-state index in [-0.39, 0.29) is 6.04 Å². The standard InChI is InChI=1S/C11H19NO3/c1-3-12(10(13)11(14)15)9-6-4-5-8(2)7-9/h8-9H,3-7H2,1-2H3,(H,14,15). The van der Waals surface area contributed by atoms with E-state index in [0.29, 0.717) is 12.5 Å². The van der Waals surface area contributed by atoms with Crippen LogP contribution in [0.5, 0.6) is 0 Å².